The van der Waals surface area contributed by atoms with E-state index in [-0.39, 0.29) is 6.03 Å². The molecule has 0 unspecified atom stereocenters. The number of carbonyl (C=O) groups is 1. The van der Waals surface area contributed by atoms with Crippen molar-refractivity contribution in [1.29, 1.82) is 0 Å². The Kier molecular flexibility index (Phi) is 7.76. The van der Waals surface area contributed by atoms with Gasteiger partial charge in [0.15, 0.2) is 0 Å². The van der Waals surface area contributed by atoms with Gasteiger partial charge in [-0.2, -0.15) is 0 Å². The van der Waals surface area contributed by atoms with Crippen LogP contribution in [0.5, 0.6) is 0 Å². The minimum absolute atomic E-state index is 0.121. The zero-order chi connectivity index (χ0) is 13.2. The number of hydrogen-bond donors (Lipinski definition) is 0. The first kappa shape index (κ1) is 15.2. The van der Waals surface area contributed by atoms with Crippen LogP contribution in [0.1, 0.15) is 26.7 Å². The minimum Gasteiger partial charge on any atom is -0.380 e. The van der Waals surface area contributed by atoms with E-state index >= 15 is 0 Å². The van der Waals surface area contributed by atoms with Crippen molar-refractivity contribution in [3.05, 3.63) is 0 Å². The zero-order valence-corrected chi connectivity index (χ0v) is 11.7. The Balaban J connectivity index is 2.12. The first-order valence-corrected chi connectivity index (χ1v) is 6.99. The van der Waals surface area contributed by atoms with Crippen molar-refractivity contribution < 1.29 is 14.3 Å². The Morgan fingerprint density at radius 2 is 1.33 bits per heavy atom. The van der Waals surface area contributed by atoms with Crippen molar-refractivity contribution in [2.75, 3.05) is 52.6 Å². The Hall–Kier alpha value is -0.810. The second kappa shape index (κ2) is 9.16. The van der Waals surface area contributed by atoms with E-state index in [1.54, 1.807) is 0 Å². The second-order valence-corrected chi connectivity index (χ2v) is 4.48. The lowest BCUT2D eigenvalue weighted by molar-refractivity contribution is 0.106. The Bertz CT molecular complexity index is 214. The molecule has 0 aromatic carbocycles. The summed E-state index contributed by atoms with van der Waals surface area (Å²) in [5.74, 6) is 0. The highest BCUT2D eigenvalue weighted by atomic mass is 16.5. The number of carbonyl (C=O) groups excluding carboxylic acids is 1. The molecular weight excluding hydrogens is 232 g/mol. The molecule has 1 heterocycles. The average Bonchev–Trinajstić information content (AvgIpc) is 2.72. The average molecular weight is 258 g/mol. The van der Waals surface area contributed by atoms with Gasteiger partial charge in [-0.05, 0) is 12.8 Å². The van der Waals surface area contributed by atoms with Crippen molar-refractivity contribution >= 4 is 6.03 Å². The Morgan fingerprint density at radius 1 is 0.889 bits per heavy atom. The maximum Gasteiger partial charge on any atom is 0.320 e. The maximum atomic E-state index is 12.0. The molecule has 5 heteroatoms. The summed E-state index contributed by atoms with van der Waals surface area (Å²) in [6.07, 6.45) is 2.05. The lowest BCUT2D eigenvalue weighted by Crippen LogP contribution is -2.35. The number of hydrogen-bond acceptors (Lipinski definition) is 3. The molecule has 0 N–H and O–H groups in total. The molecule has 1 saturated heterocycles. The SMILES string of the molecule is CCCOCCN1CCN(CCOCCC)C1=O. The molecule has 0 aliphatic carbocycles. The monoisotopic (exact) mass is 258 g/mol. The Morgan fingerprint density at radius 3 is 1.72 bits per heavy atom. The molecule has 1 rings (SSSR count). The number of ether oxygens (including phenoxy) is 2. The first-order chi connectivity index (χ1) is 8.79. The molecular formula is C13H26N2O3. The molecule has 0 radical (unpaired) electrons. The molecule has 106 valence electrons. The van der Waals surface area contributed by atoms with Gasteiger partial charge in [-0.15, -0.1) is 0 Å². The number of rotatable bonds is 10. The summed E-state index contributed by atoms with van der Waals surface area (Å²) < 4.78 is 10.8. The number of nitrogens with zero attached hydrogens (tertiary/aromatic N) is 2. The molecule has 2 amide bonds. The van der Waals surface area contributed by atoms with Gasteiger partial charge in [0, 0.05) is 39.4 Å². The maximum absolute atomic E-state index is 12.0. The van der Waals surface area contributed by atoms with Crippen LogP contribution in [0.3, 0.4) is 0 Å². The third-order valence-electron chi connectivity index (χ3n) is 2.89. The molecule has 0 aromatic heterocycles. The molecule has 0 spiro atoms. The first-order valence-electron chi connectivity index (χ1n) is 6.99. The van der Waals surface area contributed by atoms with Gasteiger partial charge >= 0.3 is 6.03 Å². The fourth-order valence-corrected chi connectivity index (χ4v) is 1.89. The highest BCUT2D eigenvalue weighted by Gasteiger charge is 2.27. The molecule has 1 aliphatic rings. The summed E-state index contributed by atoms with van der Waals surface area (Å²) in [4.78, 5) is 15.7. The summed E-state index contributed by atoms with van der Waals surface area (Å²) in [6.45, 7) is 10.0. The van der Waals surface area contributed by atoms with Crippen LogP contribution in [-0.4, -0.2) is 68.4 Å². The zero-order valence-electron chi connectivity index (χ0n) is 11.7. The molecule has 0 bridgehead atoms. The summed E-state index contributed by atoms with van der Waals surface area (Å²) in [6, 6.07) is 0.121. The summed E-state index contributed by atoms with van der Waals surface area (Å²) in [5, 5.41) is 0. The van der Waals surface area contributed by atoms with E-state index in [1.807, 2.05) is 9.80 Å². The molecule has 0 saturated carbocycles. The summed E-state index contributed by atoms with van der Waals surface area (Å²) in [7, 11) is 0. The molecule has 1 fully saturated rings. The molecule has 5 nitrogen and oxygen atoms in total. The lowest BCUT2D eigenvalue weighted by atomic mass is 10.5. The highest BCUT2D eigenvalue weighted by molar-refractivity contribution is 5.76. The fourth-order valence-electron chi connectivity index (χ4n) is 1.89. The topological polar surface area (TPSA) is 42.0 Å². The highest BCUT2D eigenvalue weighted by Crippen LogP contribution is 2.07. The van der Waals surface area contributed by atoms with Gasteiger partial charge in [-0.25, -0.2) is 4.79 Å². The third kappa shape index (κ3) is 5.23. The molecule has 0 atom stereocenters. The van der Waals surface area contributed by atoms with E-state index < -0.39 is 0 Å². The van der Waals surface area contributed by atoms with Crippen molar-refractivity contribution in [2.24, 2.45) is 0 Å². The van der Waals surface area contributed by atoms with Gasteiger partial charge in [0.05, 0.1) is 13.2 Å². The van der Waals surface area contributed by atoms with E-state index in [1.165, 1.54) is 0 Å². The molecule has 0 aromatic rings. The third-order valence-corrected chi connectivity index (χ3v) is 2.89. The molecule has 18 heavy (non-hydrogen) atoms. The van der Waals surface area contributed by atoms with E-state index in [0.29, 0.717) is 26.3 Å². The van der Waals surface area contributed by atoms with E-state index in [2.05, 4.69) is 13.8 Å². The van der Waals surface area contributed by atoms with Crippen LogP contribution in [0.2, 0.25) is 0 Å². The van der Waals surface area contributed by atoms with Crippen molar-refractivity contribution in [2.45, 2.75) is 26.7 Å². The second-order valence-electron chi connectivity index (χ2n) is 4.48. The van der Waals surface area contributed by atoms with Crippen molar-refractivity contribution in [3.63, 3.8) is 0 Å². The van der Waals surface area contributed by atoms with E-state index in [4.69, 9.17) is 9.47 Å². The quantitative estimate of drug-likeness (QED) is 0.559. The van der Waals surface area contributed by atoms with E-state index in [0.717, 1.165) is 39.1 Å². The van der Waals surface area contributed by atoms with Crippen molar-refractivity contribution in [1.82, 2.24) is 9.80 Å². The van der Waals surface area contributed by atoms with Crippen LogP contribution in [0.15, 0.2) is 0 Å². The summed E-state index contributed by atoms with van der Waals surface area (Å²) >= 11 is 0. The predicted octanol–water partition coefficient (Wildman–Crippen LogP) is 1.58. The largest absolute Gasteiger partial charge is 0.380 e. The van der Waals surface area contributed by atoms with Gasteiger partial charge < -0.3 is 19.3 Å². The lowest BCUT2D eigenvalue weighted by Gasteiger charge is -2.18. The number of urea groups is 1. The normalized spacial score (nSPS) is 15.8. The smallest absolute Gasteiger partial charge is 0.320 e. The Labute approximate surface area is 110 Å². The van der Waals surface area contributed by atoms with Crippen LogP contribution >= 0.6 is 0 Å². The number of amides is 2. The van der Waals surface area contributed by atoms with Crippen molar-refractivity contribution in [3.8, 4) is 0 Å². The standard InChI is InChI=1S/C13H26N2O3/c1-3-9-17-11-7-14-5-6-15(13(14)16)8-12-18-10-4-2/h3-12H2,1-2H3. The van der Waals surface area contributed by atoms with Crippen LogP contribution in [0, 0.1) is 0 Å². The molecule has 1 aliphatic heterocycles. The van der Waals surface area contributed by atoms with Gasteiger partial charge in [0.1, 0.15) is 0 Å². The fraction of sp³-hybridized carbons (Fsp3) is 0.923. The van der Waals surface area contributed by atoms with Crippen LogP contribution in [0.4, 0.5) is 4.79 Å². The van der Waals surface area contributed by atoms with Gasteiger partial charge in [-0.3, -0.25) is 0 Å². The van der Waals surface area contributed by atoms with Gasteiger partial charge in [0.2, 0.25) is 0 Å². The predicted molar refractivity (Wildman–Crippen MR) is 70.8 cm³/mol. The van der Waals surface area contributed by atoms with Crippen LogP contribution in [0.25, 0.3) is 0 Å². The van der Waals surface area contributed by atoms with E-state index in [9.17, 15) is 4.79 Å². The minimum atomic E-state index is 0.121. The van der Waals surface area contributed by atoms with Crippen LogP contribution in [-0.2, 0) is 9.47 Å². The summed E-state index contributed by atoms with van der Waals surface area (Å²) in [5.41, 5.74) is 0. The van der Waals surface area contributed by atoms with Gasteiger partial charge in [-0.1, -0.05) is 13.8 Å². The van der Waals surface area contributed by atoms with Crippen LogP contribution < -0.4 is 0 Å². The van der Waals surface area contributed by atoms with Gasteiger partial charge in [0.25, 0.3) is 0 Å².